The minimum absolute atomic E-state index is 0.191. The standard InChI is InChI=1S/C18H28O3S.CH3NO/c1-3-4-5-6-7-8-11-22(19)15(2)12-16-9-10-17-18(13-16)21-14-20-17;2-1-3/h9-10,13,15H,3-8,11-12,14H2,1-2H3;1H,(H2,2,3). The Balaban J connectivity index is 0.000000970. The molecule has 2 unspecified atom stereocenters. The number of ether oxygens (including phenoxy) is 2. The van der Waals surface area contributed by atoms with Crippen molar-refractivity contribution in [3.05, 3.63) is 23.8 Å². The van der Waals surface area contributed by atoms with E-state index in [0.717, 1.165) is 30.1 Å². The first-order chi connectivity index (χ1) is 12.1. The molecule has 1 aliphatic rings. The first-order valence-corrected chi connectivity index (χ1v) is 10.4. The zero-order valence-electron chi connectivity index (χ0n) is 15.4. The van der Waals surface area contributed by atoms with E-state index in [2.05, 4.69) is 19.6 Å². The molecule has 142 valence electrons. The van der Waals surface area contributed by atoms with Crippen LogP contribution < -0.4 is 15.2 Å². The Morgan fingerprint density at radius 3 is 2.52 bits per heavy atom. The molecule has 1 aromatic carbocycles. The highest BCUT2D eigenvalue weighted by molar-refractivity contribution is 7.85. The highest BCUT2D eigenvalue weighted by atomic mass is 32.2. The highest BCUT2D eigenvalue weighted by Gasteiger charge is 2.16. The van der Waals surface area contributed by atoms with Crippen molar-refractivity contribution in [2.24, 2.45) is 5.73 Å². The lowest BCUT2D eigenvalue weighted by Crippen LogP contribution is -2.16. The Morgan fingerprint density at radius 2 is 1.80 bits per heavy atom. The highest BCUT2D eigenvalue weighted by Crippen LogP contribution is 2.33. The molecule has 0 saturated carbocycles. The number of hydrogen-bond acceptors (Lipinski definition) is 4. The van der Waals surface area contributed by atoms with E-state index in [1.807, 2.05) is 18.2 Å². The third-order valence-corrected chi connectivity index (χ3v) is 5.86. The first kappa shape index (κ1) is 21.5. The Bertz CT molecular complexity index is 536. The normalized spacial score (nSPS) is 14.3. The van der Waals surface area contributed by atoms with Crippen molar-refractivity contribution in [2.75, 3.05) is 12.5 Å². The fourth-order valence-electron chi connectivity index (χ4n) is 2.72. The molecule has 0 aliphatic carbocycles. The molecule has 0 saturated heterocycles. The average Bonchev–Trinajstić information content (AvgIpc) is 3.06. The van der Waals surface area contributed by atoms with Crippen LogP contribution in [0, 0.1) is 0 Å². The number of carbonyl (C=O) groups is 1. The van der Waals surface area contributed by atoms with Gasteiger partial charge in [0, 0.05) is 21.8 Å². The summed E-state index contributed by atoms with van der Waals surface area (Å²) in [6, 6.07) is 6.01. The second-order valence-corrected chi connectivity index (χ2v) is 8.17. The van der Waals surface area contributed by atoms with Gasteiger partial charge in [-0.25, -0.2) is 0 Å². The number of nitrogens with two attached hydrogens (primary N) is 1. The molecule has 0 spiro atoms. The molecule has 0 fully saturated rings. The Hall–Kier alpha value is -1.56. The lowest BCUT2D eigenvalue weighted by atomic mass is 10.1. The molecule has 25 heavy (non-hydrogen) atoms. The van der Waals surface area contributed by atoms with Crippen molar-refractivity contribution in [1.29, 1.82) is 0 Å². The van der Waals surface area contributed by atoms with Crippen LogP contribution in [0.2, 0.25) is 0 Å². The molecule has 2 atom stereocenters. The molecule has 1 aliphatic heterocycles. The van der Waals surface area contributed by atoms with Crippen LogP contribution in [0.1, 0.15) is 57.9 Å². The Kier molecular flexibility index (Phi) is 11.0. The van der Waals surface area contributed by atoms with Crippen LogP contribution in [0.3, 0.4) is 0 Å². The number of benzene rings is 1. The van der Waals surface area contributed by atoms with Gasteiger partial charge in [0.15, 0.2) is 11.5 Å². The summed E-state index contributed by atoms with van der Waals surface area (Å²) < 4.78 is 23.0. The number of fused-ring (bicyclic) bond motifs is 1. The zero-order valence-corrected chi connectivity index (χ0v) is 16.2. The number of rotatable bonds is 10. The first-order valence-electron chi connectivity index (χ1n) is 9.03. The van der Waals surface area contributed by atoms with E-state index >= 15 is 0 Å². The van der Waals surface area contributed by atoms with Gasteiger partial charge >= 0.3 is 0 Å². The summed E-state index contributed by atoms with van der Waals surface area (Å²) >= 11 is 0. The van der Waals surface area contributed by atoms with Gasteiger partial charge < -0.3 is 15.2 Å². The van der Waals surface area contributed by atoms with Crippen molar-refractivity contribution in [1.82, 2.24) is 0 Å². The maximum Gasteiger partial charge on any atom is 0.231 e. The fourth-order valence-corrected chi connectivity index (χ4v) is 3.99. The predicted molar refractivity (Wildman–Crippen MR) is 102 cm³/mol. The summed E-state index contributed by atoms with van der Waals surface area (Å²) in [5, 5.41) is 0.191. The molecule has 5 nitrogen and oxygen atoms in total. The maximum absolute atomic E-state index is 12.3. The summed E-state index contributed by atoms with van der Waals surface area (Å²) in [5.74, 6) is 2.45. The molecule has 0 radical (unpaired) electrons. The Labute approximate surface area is 153 Å². The van der Waals surface area contributed by atoms with E-state index < -0.39 is 10.8 Å². The molecule has 0 bridgehead atoms. The van der Waals surface area contributed by atoms with E-state index in [0.29, 0.717) is 6.79 Å². The van der Waals surface area contributed by atoms with Gasteiger partial charge in [-0.2, -0.15) is 0 Å². The van der Waals surface area contributed by atoms with Gasteiger partial charge in [0.2, 0.25) is 13.2 Å². The minimum atomic E-state index is -0.743. The minimum Gasteiger partial charge on any atom is -0.454 e. The van der Waals surface area contributed by atoms with Crippen molar-refractivity contribution < 1.29 is 18.5 Å². The van der Waals surface area contributed by atoms with Crippen molar-refractivity contribution in [3.8, 4) is 11.5 Å². The summed E-state index contributed by atoms with van der Waals surface area (Å²) in [5.41, 5.74) is 5.34. The van der Waals surface area contributed by atoms with Crippen molar-refractivity contribution in [2.45, 2.75) is 64.0 Å². The van der Waals surface area contributed by atoms with Gasteiger partial charge in [-0.1, -0.05) is 52.0 Å². The molecule has 2 N–H and O–H groups in total. The monoisotopic (exact) mass is 369 g/mol. The van der Waals surface area contributed by atoms with Gasteiger partial charge in [0.25, 0.3) is 0 Å². The smallest absolute Gasteiger partial charge is 0.231 e. The van der Waals surface area contributed by atoms with Crippen molar-refractivity contribution >= 4 is 17.2 Å². The lowest BCUT2D eigenvalue weighted by Gasteiger charge is -2.12. The number of unbranched alkanes of at least 4 members (excludes halogenated alkanes) is 5. The number of hydrogen-bond donors (Lipinski definition) is 1. The molecule has 6 heteroatoms. The average molecular weight is 370 g/mol. The topological polar surface area (TPSA) is 78.6 Å². The van der Waals surface area contributed by atoms with Crippen LogP contribution in [0.5, 0.6) is 11.5 Å². The van der Waals surface area contributed by atoms with Crippen molar-refractivity contribution in [3.63, 3.8) is 0 Å². The number of carbonyl (C=O) groups excluding carboxylic acids is 1. The maximum atomic E-state index is 12.3. The van der Waals surface area contributed by atoms with Gasteiger partial charge in [-0.05, 0) is 30.5 Å². The molecular weight excluding hydrogens is 338 g/mol. The van der Waals surface area contributed by atoms with E-state index in [-0.39, 0.29) is 11.7 Å². The molecule has 0 aromatic heterocycles. The molecule has 1 heterocycles. The molecule has 1 aromatic rings. The van der Waals surface area contributed by atoms with Crippen LogP contribution in [-0.2, 0) is 22.0 Å². The van der Waals surface area contributed by atoms with E-state index in [4.69, 9.17) is 14.3 Å². The predicted octanol–water partition coefficient (Wildman–Crippen LogP) is 3.56. The lowest BCUT2D eigenvalue weighted by molar-refractivity contribution is -0.106. The van der Waals surface area contributed by atoms with Crippen LogP contribution >= 0.6 is 0 Å². The summed E-state index contributed by atoms with van der Waals surface area (Å²) in [7, 11) is -0.743. The van der Waals surface area contributed by atoms with Crippen LogP contribution in [-0.4, -0.2) is 28.4 Å². The molecule has 2 rings (SSSR count). The number of amides is 1. The third-order valence-electron chi connectivity index (χ3n) is 4.11. The second kappa shape index (κ2) is 12.8. The largest absolute Gasteiger partial charge is 0.454 e. The van der Waals surface area contributed by atoms with Gasteiger partial charge in [0.1, 0.15) is 0 Å². The second-order valence-electron chi connectivity index (χ2n) is 6.19. The van der Waals surface area contributed by atoms with Crippen LogP contribution in [0.4, 0.5) is 0 Å². The van der Waals surface area contributed by atoms with E-state index in [9.17, 15) is 4.21 Å². The molecular formula is C19H31NO4S. The van der Waals surface area contributed by atoms with E-state index in [1.54, 1.807) is 0 Å². The van der Waals surface area contributed by atoms with Gasteiger partial charge in [-0.3, -0.25) is 9.00 Å². The van der Waals surface area contributed by atoms with Crippen LogP contribution in [0.25, 0.3) is 0 Å². The summed E-state index contributed by atoms with van der Waals surface area (Å²) in [6.45, 7) is 4.61. The van der Waals surface area contributed by atoms with Gasteiger partial charge in [-0.15, -0.1) is 0 Å². The quantitative estimate of drug-likeness (QED) is 0.505. The SMILES string of the molecule is CCCCCCCCS(=O)C(C)Cc1ccc2c(c1)OCO2.NC=O. The Morgan fingerprint density at radius 1 is 1.16 bits per heavy atom. The molecule has 1 amide bonds. The summed E-state index contributed by atoms with van der Waals surface area (Å²) in [6.07, 6.45) is 8.57. The fraction of sp³-hybridized carbons (Fsp3) is 0.632. The van der Waals surface area contributed by atoms with Gasteiger partial charge in [0.05, 0.1) is 0 Å². The zero-order chi connectivity index (χ0) is 18.5. The number of primary amides is 1. The van der Waals surface area contributed by atoms with E-state index in [1.165, 1.54) is 37.7 Å². The third kappa shape index (κ3) is 8.38. The summed E-state index contributed by atoms with van der Waals surface area (Å²) in [4.78, 5) is 8.58. The van der Waals surface area contributed by atoms with Crippen LogP contribution in [0.15, 0.2) is 18.2 Å².